The summed E-state index contributed by atoms with van der Waals surface area (Å²) in [5, 5.41) is 0. The molecule has 1 aromatic rings. The lowest BCUT2D eigenvalue weighted by atomic mass is 10.4. The predicted molar refractivity (Wildman–Crippen MR) is 53.9 cm³/mol. The molecule has 1 aromatic heterocycles. The number of hydrogen-bond donors (Lipinski definition) is 2. The summed E-state index contributed by atoms with van der Waals surface area (Å²) in [6, 6.07) is 1.72. The third-order valence-electron chi connectivity index (χ3n) is 2.08. The molecule has 1 aliphatic heterocycles. The van der Waals surface area contributed by atoms with E-state index < -0.39 is 0 Å². The van der Waals surface area contributed by atoms with Crippen LogP contribution in [0.15, 0.2) is 6.07 Å². The van der Waals surface area contributed by atoms with Gasteiger partial charge in [0, 0.05) is 19.2 Å². The summed E-state index contributed by atoms with van der Waals surface area (Å²) in [5.41, 5.74) is 11.1. The molecule has 0 radical (unpaired) electrons. The molecular weight excluding hydrogens is 182 g/mol. The molecule has 1 aliphatic rings. The van der Waals surface area contributed by atoms with Gasteiger partial charge in [0.05, 0.1) is 13.2 Å². The Balaban J connectivity index is 2.21. The molecule has 2 rings (SSSR count). The molecule has 0 amide bonds. The highest BCUT2D eigenvalue weighted by atomic mass is 16.5. The van der Waals surface area contributed by atoms with E-state index in [2.05, 4.69) is 14.9 Å². The Kier molecular flexibility index (Phi) is 2.36. The van der Waals surface area contributed by atoms with E-state index in [1.54, 1.807) is 6.07 Å². The van der Waals surface area contributed by atoms with Crippen LogP contribution in [0.4, 0.5) is 17.6 Å². The van der Waals surface area contributed by atoms with Crippen LogP contribution in [0.25, 0.3) is 0 Å². The van der Waals surface area contributed by atoms with Crippen LogP contribution in [-0.2, 0) is 4.74 Å². The number of hydrogen-bond acceptors (Lipinski definition) is 6. The van der Waals surface area contributed by atoms with E-state index in [4.69, 9.17) is 16.2 Å². The third kappa shape index (κ3) is 1.85. The molecule has 0 bridgehead atoms. The van der Waals surface area contributed by atoms with Crippen molar-refractivity contribution in [3.05, 3.63) is 6.07 Å². The fraction of sp³-hybridized carbons (Fsp3) is 0.500. The summed E-state index contributed by atoms with van der Waals surface area (Å²) in [4.78, 5) is 10.0. The lowest BCUT2D eigenvalue weighted by Crippen LogP contribution is -2.36. The lowest BCUT2D eigenvalue weighted by Gasteiger charge is -2.27. The Labute approximate surface area is 81.9 Å². The summed E-state index contributed by atoms with van der Waals surface area (Å²) >= 11 is 0. The van der Waals surface area contributed by atoms with Gasteiger partial charge in [-0.2, -0.15) is 9.97 Å². The first-order chi connectivity index (χ1) is 6.75. The van der Waals surface area contributed by atoms with Crippen molar-refractivity contribution in [2.75, 3.05) is 42.7 Å². The molecule has 0 saturated carbocycles. The normalized spacial score (nSPS) is 17.0. The first kappa shape index (κ1) is 9.01. The van der Waals surface area contributed by atoms with Gasteiger partial charge in [0.15, 0.2) is 0 Å². The highest BCUT2D eigenvalue weighted by Gasteiger charge is 2.13. The van der Waals surface area contributed by atoms with Crippen LogP contribution in [0, 0.1) is 0 Å². The van der Waals surface area contributed by atoms with Crippen molar-refractivity contribution in [2.24, 2.45) is 0 Å². The molecule has 1 fully saturated rings. The molecular formula is C8H13N5O. The van der Waals surface area contributed by atoms with Gasteiger partial charge in [-0.15, -0.1) is 0 Å². The number of rotatable bonds is 1. The number of aromatic nitrogens is 2. The van der Waals surface area contributed by atoms with Gasteiger partial charge in [-0.1, -0.05) is 0 Å². The SMILES string of the molecule is Nc1cc(N2CCOCC2)nc(N)n1. The standard InChI is InChI=1S/C8H13N5O/c9-6-5-7(12-8(10)11-6)13-1-3-14-4-2-13/h5H,1-4H2,(H4,9,10,11,12). The van der Waals surface area contributed by atoms with Crippen LogP contribution in [0.2, 0.25) is 0 Å². The highest BCUT2D eigenvalue weighted by molar-refractivity contribution is 5.50. The monoisotopic (exact) mass is 195 g/mol. The zero-order valence-corrected chi connectivity index (χ0v) is 7.81. The summed E-state index contributed by atoms with van der Waals surface area (Å²) < 4.78 is 5.23. The Hall–Kier alpha value is -1.56. The molecule has 0 unspecified atom stereocenters. The number of ether oxygens (including phenoxy) is 1. The number of anilines is 3. The van der Waals surface area contributed by atoms with Crippen LogP contribution in [0.1, 0.15) is 0 Å². The maximum Gasteiger partial charge on any atom is 0.223 e. The molecule has 0 spiro atoms. The van der Waals surface area contributed by atoms with Crippen LogP contribution in [0.5, 0.6) is 0 Å². The van der Waals surface area contributed by atoms with Crippen molar-refractivity contribution >= 4 is 17.6 Å². The van der Waals surface area contributed by atoms with Crippen molar-refractivity contribution in [2.45, 2.75) is 0 Å². The number of morpholine rings is 1. The van der Waals surface area contributed by atoms with Crippen molar-refractivity contribution in [1.82, 2.24) is 9.97 Å². The molecule has 76 valence electrons. The molecule has 0 atom stereocenters. The zero-order valence-electron chi connectivity index (χ0n) is 7.81. The first-order valence-corrected chi connectivity index (χ1v) is 4.48. The molecule has 6 heteroatoms. The summed E-state index contributed by atoms with van der Waals surface area (Å²) in [6.07, 6.45) is 0. The van der Waals surface area contributed by atoms with Crippen molar-refractivity contribution < 1.29 is 4.74 Å². The van der Waals surface area contributed by atoms with Crippen molar-refractivity contribution in [1.29, 1.82) is 0 Å². The van der Waals surface area contributed by atoms with Crippen LogP contribution in [-0.4, -0.2) is 36.3 Å². The molecule has 0 aromatic carbocycles. The minimum Gasteiger partial charge on any atom is -0.383 e. The average Bonchev–Trinajstić information content (AvgIpc) is 2.18. The number of nitrogen functional groups attached to an aromatic ring is 2. The van der Waals surface area contributed by atoms with E-state index in [0.717, 1.165) is 18.9 Å². The van der Waals surface area contributed by atoms with Crippen LogP contribution < -0.4 is 16.4 Å². The molecule has 2 heterocycles. The van der Waals surface area contributed by atoms with Crippen LogP contribution >= 0.6 is 0 Å². The molecule has 4 N–H and O–H groups in total. The molecule has 14 heavy (non-hydrogen) atoms. The maximum atomic E-state index is 5.58. The van der Waals surface area contributed by atoms with Gasteiger partial charge in [-0.05, 0) is 0 Å². The summed E-state index contributed by atoms with van der Waals surface area (Å²) in [7, 11) is 0. The number of nitrogens with two attached hydrogens (primary N) is 2. The van der Waals surface area contributed by atoms with Gasteiger partial charge in [0.2, 0.25) is 5.95 Å². The lowest BCUT2D eigenvalue weighted by molar-refractivity contribution is 0.122. The minimum absolute atomic E-state index is 0.214. The fourth-order valence-electron chi connectivity index (χ4n) is 1.43. The van der Waals surface area contributed by atoms with Gasteiger partial charge in [0.25, 0.3) is 0 Å². The Morgan fingerprint density at radius 1 is 1.21 bits per heavy atom. The average molecular weight is 195 g/mol. The second-order valence-corrected chi connectivity index (χ2v) is 3.11. The quantitative estimate of drug-likeness (QED) is 0.626. The largest absolute Gasteiger partial charge is 0.383 e. The van der Waals surface area contributed by atoms with Gasteiger partial charge >= 0.3 is 0 Å². The Morgan fingerprint density at radius 2 is 1.93 bits per heavy atom. The summed E-state index contributed by atoms with van der Waals surface area (Å²) in [5.74, 6) is 1.39. The molecule has 0 aliphatic carbocycles. The topological polar surface area (TPSA) is 90.3 Å². The second-order valence-electron chi connectivity index (χ2n) is 3.11. The van der Waals surface area contributed by atoms with E-state index in [9.17, 15) is 0 Å². The predicted octanol–water partition coefficient (Wildman–Crippen LogP) is -0.522. The highest BCUT2D eigenvalue weighted by Crippen LogP contribution is 2.15. The Bertz CT molecular complexity index is 303. The Morgan fingerprint density at radius 3 is 2.57 bits per heavy atom. The van der Waals surface area contributed by atoms with E-state index in [1.807, 2.05) is 0 Å². The summed E-state index contributed by atoms with van der Waals surface area (Å²) in [6.45, 7) is 3.05. The van der Waals surface area contributed by atoms with Gasteiger partial charge in [-0.25, -0.2) is 0 Å². The van der Waals surface area contributed by atoms with Gasteiger partial charge < -0.3 is 21.1 Å². The first-order valence-electron chi connectivity index (χ1n) is 4.48. The second kappa shape index (κ2) is 3.67. The zero-order chi connectivity index (χ0) is 9.97. The van der Waals surface area contributed by atoms with Gasteiger partial charge in [0.1, 0.15) is 11.6 Å². The van der Waals surface area contributed by atoms with E-state index in [1.165, 1.54) is 0 Å². The molecule has 6 nitrogen and oxygen atoms in total. The van der Waals surface area contributed by atoms with Gasteiger partial charge in [-0.3, -0.25) is 0 Å². The van der Waals surface area contributed by atoms with E-state index in [0.29, 0.717) is 19.0 Å². The van der Waals surface area contributed by atoms with E-state index >= 15 is 0 Å². The van der Waals surface area contributed by atoms with Crippen LogP contribution in [0.3, 0.4) is 0 Å². The number of nitrogens with zero attached hydrogens (tertiary/aromatic N) is 3. The van der Waals surface area contributed by atoms with E-state index in [-0.39, 0.29) is 5.95 Å². The van der Waals surface area contributed by atoms with Crippen molar-refractivity contribution in [3.63, 3.8) is 0 Å². The smallest absolute Gasteiger partial charge is 0.223 e. The van der Waals surface area contributed by atoms with Crippen molar-refractivity contribution in [3.8, 4) is 0 Å². The minimum atomic E-state index is 0.214. The maximum absolute atomic E-state index is 5.58. The fourth-order valence-corrected chi connectivity index (χ4v) is 1.43. The molecule has 1 saturated heterocycles. The third-order valence-corrected chi connectivity index (χ3v) is 2.08.